The number of benzene rings is 2. The van der Waals surface area contributed by atoms with Gasteiger partial charge in [-0.25, -0.2) is 4.79 Å². The molecule has 0 atom stereocenters. The monoisotopic (exact) mass is 437 g/mol. The van der Waals surface area contributed by atoms with Gasteiger partial charge in [0.05, 0.1) is 28.2 Å². The topological polar surface area (TPSA) is 98.9 Å². The summed E-state index contributed by atoms with van der Waals surface area (Å²) < 4.78 is 38.5. The first-order chi connectivity index (χ1) is 14.3. The highest BCUT2D eigenvalue weighted by Gasteiger charge is 2.31. The lowest BCUT2D eigenvalue weighted by Crippen LogP contribution is -2.20. The van der Waals surface area contributed by atoms with Crippen molar-refractivity contribution in [3.05, 3.63) is 70.5 Å². The molecule has 1 heterocycles. The maximum atomic E-state index is 12.8. The number of amides is 2. The van der Waals surface area contributed by atoms with Gasteiger partial charge in [0.1, 0.15) is 5.69 Å². The van der Waals surface area contributed by atoms with E-state index in [1.165, 1.54) is 6.20 Å². The van der Waals surface area contributed by atoms with E-state index in [0.29, 0.717) is 29.9 Å². The third-order valence-electron chi connectivity index (χ3n) is 4.00. The van der Waals surface area contributed by atoms with E-state index in [0.717, 1.165) is 23.8 Å². The third kappa shape index (κ3) is 5.29. The molecule has 0 saturated heterocycles. The summed E-state index contributed by atoms with van der Waals surface area (Å²) in [5.41, 5.74) is 0.940. The van der Waals surface area contributed by atoms with Crippen LogP contribution in [0, 0.1) is 0 Å². The van der Waals surface area contributed by atoms with E-state index in [9.17, 15) is 22.8 Å². The van der Waals surface area contributed by atoms with Crippen molar-refractivity contribution in [1.29, 1.82) is 0 Å². The van der Waals surface area contributed by atoms with E-state index in [2.05, 4.69) is 26.1 Å². The van der Waals surface area contributed by atoms with Crippen molar-refractivity contribution < 1.29 is 22.8 Å². The van der Waals surface area contributed by atoms with Crippen LogP contribution in [0.4, 0.5) is 35.0 Å². The number of aromatic amines is 1. The van der Waals surface area contributed by atoms with Crippen molar-refractivity contribution in [2.24, 2.45) is 0 Å². The first-order valence-corrected chi connectivity index (χ1v) is 8.90. The number of halogens is 4. The summed E-state index contributed by atoms with van der Waals surface area (Å²) in [7, 11) is 0. The standard InChI is InChI=1S/C19H15ClF3N5O2/c20-14-5-4-12(19(21,22)23)7-15(14)27-18(30)26-13-3-1-2-11(6-13)8-24-16-9-25-28-17(16)10-29/h1-7,9-10,24H,8H2,(H,25,28)(H2,26,27,30). The number of anilines is 3. The Bertz CT molecular complexity index is 1070. The van der Waals surface area contributed by atoms with E-state index in [-0.39, 0.29) is 10.7 Å². The number of nitrogens with zero attached hydrogens (tertiary/aromatic N) is 1. The highest BCUT2D eigenvalue weighted by Crippen LogP contribution is 2.33. The average Bonchev–Trinajstić information content (AvgIpc) is 3.15. The summed E-state index contributed by atoms with van der Waals surface area (Å²) in [6.07, 6.45) is -2.45. The largest absolute Gasteiger partial charge is 0.416 e. The van der Waals surface area contributed by atoms with Gasteiger partial charge in [0, 0.05) is 12.2 Å². The van der Waals surface area contributed by atoms with Crippen LogP contribution in [-0.4, -0.2) is 22.5 Å². The highest BCUT2D eigenvalue weighted by atomic mass is 35.5. The molecule has 0 aliphatic rings. The van der Waals surface area contributed by atoms with Gasteiger partial charge in [-0.3, -0.25) is 9.89 Å². The van der Waals surface area contributed by atoms with Gasteiger partial charge in [-0.2, -0.15) is 18.3 Å². The van der Waals surface area contributed by atoms with Crippen LogP contribution in [0.1, 0.15) is 21.6 Å². The molecule has 156 valence electrons. The predicted octanol–water partition coefficient (Wildman–Crippen LogP) is 5.15. The molecule has 11 heteroatoms. The fourth-order valence-electron chi connectivity index (χ4n) is 2.57. The second-order valence-corrected chi connectivity index (χ2v) is 6.55. The predicted molar refractivity (Wildman–Crippen MR) is 107 cm³/mol. The lowest BCUT2D eigenvalue weighted by Gasteiger charge is -2.13. The minimum Gasteiger partial charge on any atom is -0.378 e. The quantitative estimate of drug-likeness (QED) is 0.401. The number of H-pyrrole nitrogens is 1. The van der Waals surface area contributed by atoms with E-state index in [1.54, 1.807) is 24.3 Å². The SMILES string of the molecule is O=Cc1[nH]ncc1NCc1cccc(NC(=O)Nc2cc(C(F)(F)F)ccc2Cl)c1. The van der Waals surface area contributed by atoms with Crippen LogP contribution in [0.2, 0.25) is 5.02 Å². The molecule has 2 aromatic carbocycles. The summed E-state index contributed by atoms with van der Waals surface area (Å²) in [5.74, 6) is 0. The van der Waals surface area contributed by atoms with Crippen LogP contribution in [0.5, 0.6) is 0 Å². The summed E-state index contributed by atoms with van der Waals surface area (Å²) in [6.45, 7) is 0.344. The molecule has 3 aromatic rings. The summed E-state index contributed by atoms with van der Waals surface area (Å²) in [6, 6.07) is 8.68. The minimum atomic E-state index is -4.56. The number of alkyl halides is 3. The number of carbonyl (C=O) groups excluding carboxylic acids is 2. The molecule has 0 unspecified atom stereocenters. The summed E-state index contributed by atoms with van der Waals surface area (Å²) >= 11 is 5.88. The van der Waals surface area contributed by atoms with Crippen LogP contribution in [0.25, 0.3) is 0 Å². The molecule has 2 amide bonds. The molecule has 0 fully saturated rings. The molecule has 0 radical (unpaired) electrons. The average molecular weight is 438 g/mol. The van der Waals surface area contributed by atoms with E-state index in [1.807, 2.05) is 0 Å². The second kappa shape index (κ2) is 8.87. The summed E-state index contributed by atoms with van der Waals surface area (Å²) in [5, 5.41) is 14.2. The number of rotatable bonds is 6. The smallest absolute Gasteiger partial charge is 0.378 e. The van der Waals surface area contributed by atoms with Crippen molar-refractivity contribution in [3.8, 4) is 0 Å². The van der Waals surface area contributed by atoms with E-state index < -0.39 is 17.8 Å². The van der Waals surface area contributed by atoms with Crippen LogP contribution in [0.3, 0.4) is 0 Å². The van der Waals surface area contributed by atoms with E-state index in [4.69, 9.17) is 11.6 Å². The Balaban J connectivity index is 1.65. The van der Waals surface area contributed by atoms with Gasteiger partial charge in [-0.15, -0.1) is 0 Å². The number of hydrogen-bond acceptors (Lipinski definition) is 4. The number of hydrogen-bond donors (Lipinski definition) is 4. The van der Waals surface area contributed by atoms with Crippen LogP contribution >= 0.6 is 11.6 Å². The van der Waals surface area contributed by atoms with Crippen molar-refractivity contribution in [2.75, 3.05) is 16.0 Å². The fourth-order valence-corrected chi connectivity index (χ4v) is 2.73. The minimum absolute atomic E-state index is 0.0257. The normalized spacial score (nSPS) is 11.1. The van der Waals surface area contributed by atoms with Gasteiger partial charge in [-0.05, 0) is 35.9 Å². The molecule has 0 spiro atoms. The fraction of sp³-hybridized carbons (Fsp3) is 0.105. The molecular weight excluding hydrogens is 423 g/mol. The van der Waals surface area contributed by atoms with Crippen LogP contribution in [0.15, 0.2) is 48.7 Å². The number of nitrogens with one attached hydrogen (secondary N) is 4. The molecule has 0 aliphatic carbocycles. The zero-order chi connectivity index (χ0) is 21.7. The number of aromatic nitrogens is 2. The number of aldehydes is 1. The third-order valence-corrected chi connectivity index (χ3v) is 4.33. The Morgan fingerprint density at radius 3 is 2.67 bits per heavy atom. The molecule has 1 aromatic heterocycles. The maximum Gasteiger partial charge on any atom is 0.416 e. The van der Waals surface area contributed by atoms with Gasteiger partial charge >= 0.3 is 12.2 Å². The van der Waals surface area contributed by atoms with Crippen molar-refractivity contribution >= 4 is 41.0 Å². The number of urea groups is 1. The molecule has 4 N–H and O–H groups in total. The Kier molecular flexibility index (Phi) is 6.26. The first-order valence-electron chi connectivity index (χ1n) is 8.52. The second-order valence-electron chi connectivity index (χ2n) is 6.14. The molecular formula is C19H15ClF3N5O2. The lowest BCUT2D eigenvalue weighted by atomic mass is 10.2. The lowest BCUT2D eigenvalue weighted by molar-refractivity contribution is -0.137. The first kappa shape index (κ1) is 21.2. The Labute approximate surface area is 173 Å². The van der Waals surface area contributed by atoms with Gasteiger partial charge in [-0.1, -0.05) is 23.7 Å². The van der Waals surface area contributed by atoms with Gasteiger partial charge < -0.3 is 16.0 Å². The molecule has 3 rings (SSSR count). The van der Waals surface area contributed by atoms with Crippen molar-refractivity contribution in [3.63, 3.8) is 0 Å². The highest BCUT2D eigenvalue weighted by molar-refractivity contribution is 6.33. The molecule has 0 aliphatic heterocycles. The molecule has 0 saturated carbocycles. The van der Waals surface area contributed by atoms with Crippen LogP contribution < -0.4 is 16.0 Å². The molecule has 7 nitrogen and oxygen atoms in total. The van der Waals surface area contributed by atoms with Gasteiger partial charge in [0.25, 0.3) is 0 Å². The zero-order valence-electron chi connectivity index (χ0n) is 15.2. The van der Waals surface area contributed by atoms with E-state index >= 15 is 0 Å². The molecule has 30 heavy (non-hydrogen) atoms. The Hall–Kier alpha value is -3.53. The maximum absolute atomic E-state index is 12.8. The molecule has 0 bridgehead atoms. The Morgan fingerprint density at radius 2 is 1.93 bits per heavy atom. The van der Waals surface area contributed by atoms with Crippen LogP contribution in [-0.2, 0) is 12.7 Å². The van der Waals surface area contributed by atoms with Gasteiger partial charge in [0.2, 0.25) is 0 Å². The van der Waals surface area contributed by atoms with Crippen molar-refractivity contribution in [2.45, 2.75) is 12.7 Å². The summed E-state index contributed by atoms with van der Waals surface area (Å²) in [4.78, 5) is 23.1. The zero-order valence-corrected chi connectivity index (χ0v) is 15.9. The number of carbonyl (C=O) groups is 2. The Morgan fingerprint density at radius 1 is 1.13 bits per heavy atom. The van der Waals surface area contributed by atoms with Gasteiger partial charge in [0.15, 0.2) is 6.29 Å². The van der Waals surface area contributed by atoms with Crippen molar-refractivity contribution in [1.82, 2.24) is 10.2 Å².